The van der Waals surface area contributed by atoms with Gasteiger partial charge in [0, 0.05) is 18.6 Å². The van der Waals surface area contributed by atoms with Crippen molar-refractivity contribution < 1.29 is 5.11 Å². The average molecular weight is 215 g/mol. The highest BCUT2D eigenvalue weighted by Crippen LogP contribution is 2.13. The van der Waals surface area contributed by atoms with E-state index in [1.807, 2.05) is 7.05 Å². The van der Waals surface area contributed by atoms with Crippen molar-refractivity contribution in [2.45, 2.75) is 24.9 Å². The van der Waals surface area contributed by atoms with Crippen molar-refractivity contribution in [3.05, 3.63) is 0 Å². The zero-order chi connectivity index (χ0) is 11.3. The quantitative estimate of drug-likeness (QED) is 0.632. The molecular formula is C11H25N3O. The van der Waals surface area contributed by atoms with Crippen LogP contribution >= 0.6 is 0 Å². The number of aliphatic hydroxyl groups is 1. The van der Waals surface area contributed by atoms with E-state index in [9.17, 15) is 0 Å². The summed E-state index contributed by atoms with van der Waals surface area (Å²) in [7, 11) is 6.21. The second kappa shape index (κ2) is 6.43. The molecule has 0 aromatic heterocycles. The monoisotopic (exact) mass is 215 g/mol. The van der Waals surface area contributed by atoms with E-state index in [4.69, 9.17) is 5.11 Å². The van der Waals surface area contributed by atoms with E-state index in [1.54, 1.807) is 0 Å². The second-order valence-corrected chi connectivity index (χ2v) is 4.66. The Kier molecular flexibility index (Phi) is 5.53. The maximum atomic E-state index is 9.05. The van der Waals surface area contributed by atoms with Crippen molar-refractivity contribution in [1.82, 2.24) is 15.1 Å². The van der Waals surface area contributed by atoms with Gasteiger partial charge in [-0.3, -0.25) is 0 Å². The first-order valence-corrected chi connectivity index (χ1v) is 5.84. The van der Waals surface area contributed by atoms with Gasteiger partial charge in [-0.05, 0) is 47.1 Å². The molecule has 4 heteroatoms. The summed E-state index contributed by atoms with van der Waals surface area (Å²) >= 11 is 0. The summed E-state index contributed by atoms with van der Waals surface area (Å²) in [5, 5.41) is 12.2. The fourth-order valence-corrected chi connectivity index (χ4v) is 2.10. The molecule has 0 bridgehead atoms. The van der Waals surface area contributed by atoms with Crippen molar-refractivity contribution in [1.29, 1.82) is 0 Å². The number of rotatable bonds is 6. The van der Waals surface area contributed by atoms with Crippen molar-refractivity contribution >= 4 is 0 Å². The first kappa shape index (κ1) is 12.9. The highest BCUT2D eigenvalue weighted by atomic mass is 16.3. The summed E-state index contributed by atoms with van der Waals surface area (Å²) in [5.74, 6) is 0. The lowest BCUT2D eigenvalue weighted by Gasteiger charge is -2.22. The molecule has 0 aliphatic carbocycles. The fraction of sp³-hybridized carbons (Fsp3) is 1.00. The van der Waals surface area contributed by atoms with Crippen molar-refractivity contribution in [2.75, 3.05) is 47.4 Å². The second-order valence-electron chi connectivity index (χ2n) is 4.66. The minimum Gasteiger partial charge on any atom is -0.395 e. The van der Waals surface area contributed by atoms with E-state index in [0.29, 0.717) is 6.04 Å². The predicted molar refractivity (Wildman–Crippen MR) is 63.1 cm³/mol. The first-order chi connectivity index (χ1) is 7.17. The lowest BCUT2D eigenvalue weighted by atomic mass is 10.2. The number of nitrogens with zero attached hydrogens (tertiary/aromatic N) is 2. The van der Waals surface area contributed by atoms with Crippen LogP contribution in [-0.2, 0) is 0 Å². The Morgan fingerprint density at radius 2 is 2.27 bits per heavy atom. The van der Waals surface area contributed by atoms with E-state index in [1.165, 1.54) is 19.5 Å². The Labute approximate surface area is 93.2 Å². The molecule has 2 atom stereocenters. The Hall–Kier alpha value is -0.160. The molecule has 1 rings (SSSR count). The lowest BCUT2D eigenvalue weighted by Crippen LogP contribution is -2.36. The molecule has 4 nitrogen and oxygen atoms in total. The van der Waals surface area contributed by atoms with Crippen LogP contribution in [0.3, 0.4) is 0 Å². The van der Waals surface area contributed by atoms with E-state index in [2.05, 4.69) is 29.2 Å². The molecule has 0 spiro atoms. The van der Waals surface area contributed by atoms with Gasteiger partial charge in [-0.1, -0.05) is 0 Å². The Bertz CT molecular complexity index is 171. The Balaban J connectivity index is 2.18. The molecule has 0 saturated carbocycles. The zero-order valence-corrected chi connectivity index (χ0v) is 10.2. The van der Waals surface area contributed by atoms with Gasteiger partial charge in [-0.25, -0.2) is 0 Å². The SMILES string of the molecule is CNC(CO)CCN1CCC(N(C)C)C1. The van der Waals surface area contributed by atoms with Gasteiger partial charge in [-0.2, -0.15) is 0 Å². The Morgan fingerprint density at radius 1 is 1.53 bits per heavy atom. The molecule has 1 aliphatic heterocycles. The van der Waals surface area contributed by atoms with Gasteiger partial charge in [0.05, 0.1) is 6.61 Å². The smallest absolute Gasteiger partial charge is 0.0585 e. The number of hydrogen-bond acceptors (Lipinski definition) is 4. The van der Waals surface area contributed by atoms with Crippen LogP contribution in [0.2, 0.25) is 0 Å². The summed E-state index contributed by atoms with van der Waals surface area (Å²) < 4.78 is 0. The molecule has 2 N–H and O–H groups in total. The van der Waals surface area contributed by atoms with Crippen LogP contribution in [0.1, 0.15) is 12.8 Å². The van der Waals surface area contributed by atoms with Crippen LogP contribution in [0.25, 0.3) is 0 Å². The van der Waals surface area contributed by atoms with Crippen LogP contribution in [-0.4, -0.2) is 74.4 Å². The van der Waals surface area contributed by atoms with Gasteiger partial charge in [0.15, 0.2) is 0 Å². The molecule has 15 heavy (non-hydrogen) atoms. The molecular weight excluding hydrogens is 190 g/mol. The van der Waals surface area contributed by atoms with Crippen molar-refractivity contribution in [2.24, 2.45) is 0 Å². The van der Waals surface area contributed by atoms with Crippen LogP contribution in [0, 0.1) is 0 Å². The van der Waals surface area contributed by atoms with Crippen molar-refractivity contribution in [3.8, 4) is 0 Å². The van der Waals surface area contributed by atoms with Crippen LogP contribution in [0.5, 0.6) is 0 Å². The van der Waals surface area contributed by atoms with E-state index in [-0.39, 0.29) is 12.6 Å². The third kappa shape index (κ3) is 4.07. The fourth-order valence-electron chi connectivity index (χ4n) is 2.10. The lowest BCUT2D eigenvalue weighted by molar-refractivity contribution is 0.216. The van der Waals surface area contributed by atoms with Crippen LogP contribution < -0.4 is 5.32 Å². The molecule has 1 fully saturated rings. The van der Waals surface area contributed by atoms with Crippen LogP contribution in [0.15, 0.2) is 0 Å². The standard InChI is InChI=1S/C11H25N3O/c1-12-10(9-15)4-6-14-7-5-11(8-14)13(2)3/h10-12,15H,4-9H2,1-3H3. The van der Waals surface area contributed by atoms with Gasteiger partial charge in [-0.15, -0.1) is 0 Å². The van der Waals surface area contributed by atoms with E-state index < -0.39 is 0 Å². The van der Waals surface area contributed by atoms with Gasteiger partial charge in [0.25, 0.3) is 0 Å². The molecule has 0 aromatic rings. The van der Waals surface area contributed by atoms with E-state index in [0.717, 1.165) is 13.0 Å². The molecule has 90 valence electrons. The van der Waals surface area contributed by atoms with Gasteiger partial charge in [0.2, 0.25) is 0 Å². The first-order valence-electron chi connectivity index (χ1n) is 5.84. The molecule has 0 aromatic carbocycles. The highest BCUT2D eigenvalue weighted by molar-refractivity contribution is 4.81. The molecule has 0 radical (unpaired) electrons. The number of hydrogen-bond donors (Lipinski definition) is 2. The molecule has 1 heterocycles. The maximum Gasteiger partial charge on any atom is 0.0585 e. The topological polar surface area (TPSA) is 38.7 Å². The van der Waals surface area contributed by atoms with E-state index >= 15 is 0 Å². The van der Waals surface area contributed by atoms with Gasteiger partial charge in [0.1, 0.15) is 0 Å². The maximum absolute atomic E-state index is 9.05. The largest absolute Gasteiger partial charge is 0.395 e. The summed E-state index contributed by atoms with van der Waals surface area (Å²) in [4.78, 5) is 4.80. The number of aliphatic hydroxyl groups excluding tert-OH is 1. The average Bonchev–Trinajstić information content (AvgIpc) is 2.68. The minimum absolute atomic E-state index is 0.238. The normalized spacial score (nSPS) is 25.0. The van der Waals surface area contributed by atoms with Crippen LogP contribution in [0.4, 0.5) is 0 Å². The molecule has 1 saturated heterocycles. The summed E-state index contributed by atoms with van der Waals surface area (Å²) in [6.07, 6.45) is 2.31. The highest BCUT2D eigenvalue weighted by Gasteiger charge is 2.23. The van der Waals surface area contributed by atoms with Gasteiger partial charge < -0.3 is 20.2 Å². The summed E-state index contributed by atoms with van der Waals surface area (Å²) in [6.45, 7) is 3.71. The Morgan fingerprint density at radius 3 is 2.73 bits per heavy atom. The third-order valence-electron chi connectivity index (χ3n) is 3.40. The van der Waals surface area contributed by atoms with Crippen molar-refractivity contribution in [3.63, 3.8) is 0 Å². The summed E-state index contributed by atoms with van der Waals surface area (Å²) in [5.41, 5.74) is 0. The predicted octanol–water partition coefficient (Wildman–Crippen LogP) is -0.407. The number of likely N-dealkylation sites (tertiary alicyclic amines) is 1. The van der Waals surface area contributed by atoms with Gasteiger partial charge >= 0.3 is 0 Å². The molecule has 1 aliphatic rings. The molecule has 0 amide bonds. The number of likely N-dealkylation sites (N-methyl/N-ethyl adjacent to an activating group) is 2. The zero-order valence-electron chi connectivity index (χ0n) is 10.2. The summed E-state index contributed by atoms with van der Waals surface area (Å²) in [6, 6.07) is 0.968. The minimum atomic E-state index is 0.238. The number of nitrogens with one attached hydrogen (secondary N) is 1. The third-order valence-corrected chi connectivity index (χ3v) is 3.40. The molecule has 2 unspecified atom stereocenters.